The van der Waals surface area contributed by atoms with Crippen LogP contribution in [0.5, 0.6) is 0 Å². The Kier molecular flexibility index (Phi) is 3.97. The van der Waals surface area contributed by atoms with Gasteiger partial charge in [0.2, 0.25) is 0 Å². The number of aliphatic hydroxyl groups is 1. The molecule has 0 radical (unpaired) electrons. The SMILES string of the molecule is C[C@@H](N)[C@H]1[C@@H](C)C[C@H]2[C@@H]3CC=C4C[C@H](O)CC[C@]4(C)[C@H]3CC[C@]12C. The van der Waals surface area contributed by atoms with Gasteiger partial charge >= 0.3 is 0 Å². The zero-order chi connectivity index (χ0) is 17.3. The fourth-order valence-corrected chi connectivity index (χ4v) is 8.16. The van der Waals surface area contributed by atoms with Crippen LogP contribution in [0.2, 0.25) is 0 Å². The number of allylic oxidation sites excluding steroid dienone is 1. The molecule has 4 rings (SSSR count). The van der Waals surface area contributed by atoms with E-state index in [4.69, 9.17) is 5.73 Å². The van der Waals surface area contributed by atoms with Crippen LogP contribution >= 0.6 is 0 Å². The van der Waals surface area contributed by atoms with Gasteiger partial charge in [0.15, 0.2) is 0 Å². The van der Waals surface area contributed by atoms with Crippen molar-refractivity contribution in [1.29, 1.82) is 0 Å². The Morgan fingerprint density at radius 3 is 2.67 bits per heavy atom. The van der Waals surface area contributed by atoms with Crippen LogP contribution in [0, 0.1) is 40.4 Å². The number of hydrogen-bond donors (Lipinski definition) is 2. The van der Waals surface area contributed by atoms with Crippen molar-refractivity contribution < 1.29 is 5.11 Å². The molecule has 2 heteroatoms. The van der Waals surface area contributed by atoms with Gasteiger partial charge in [0, 0.05) is 6.04 Å². The molecule has 0 bridgehead atoms. The maximum absolute atomic E-state index is 10.1. The predicted molar refractivity (Wildman–Crippen MR) is 99.4 cm³/mol. The quantitative estimate of drug-likeness (QED) is 0.694. The minimum atomic E-state index is -0.0938. The molecule has 0 unspecified atom stereocenters. The van der Waals surface area contributed by atoms with Gasteiger partial charge in [-0.05, 0) is 92.3 Å². The zero-order valence-corrected chi connectivity index (χ0v) is 16.1. The Morgan fingerprint density at radius 1 is 1.21 bits per heavy atom. The minimum absolute atomic E-state index is 0.0938. The monoisotopic (exact) mass is 331 g/mol. The van der Waals surface area contributed by atoms with E-state index in [1.165, 1.54) is 32.1 Å². The van der Waals surface area contributed by atoms with Crippen LogP contribution in [0.4, 0.5) is 0 Å². The molecule has 0 amide bonds. The van der Waals surface area contributed by atoms with Crippen LogP contribution in [-0.2, 0) is 0 Å². The summed E-state index contributed by atoms with van der Waals surface area (Å²) in [6.45, 7) is 9.78. The van der Waals surface area contributed by atoms with Gasteiger partial charge < -0.3 is 10.8 Å². The molecule has 0 saturated heterocycles. The first-order valence-electron chi connectivity index (χ1n) is 10.4. The second kappa shape index (κ2) is 5.58. The van der Waals surface area contributed by atoms with Crippen LogP contribution in [0.15, 0.2) is 11.6 Å². The highest BCUT2D eigenvalue weighted by atomic mass is 16.3. The van der Waals surface area contributed by atoms with Crippen molar-refractivity contribution in [2.24, 2.45) is 46.2 Å². The minimum Gasteiger partial charge on any atom is -0.393 e. The van der Waals surface area contributed by atoms with Crippen molar-refractivity contribution in [3.63, 3.8) is 0 Å². The van der Waals surface area contributed by atoms with E-state index in [1.54, 1.807) is 5.57 Å². The number of rotatable bonds is 1. The van der Waals surface area contributed by atoms with Crippen molar-refractivity contribution in [3.8, 4) is 0 Å². The second-order valence-corrected chi connectivity index (χ2v) is 10.3. The lowest BCUT2D eigenvalue weighted by atomic mass is 9.47. The molecule has 136 valence electrons. The molecule has 4 aliphatic rings. The van der Waals surface area contributed by atoms with Gasteiger partial charge in [-0.2, -0.15) is 0 Å². The van der Waals surface area contributed by atoms with E-state index in [0.29, 0.717) is 22.8 Å². The molecule has 24 heavy (non-hydrogen) atoms. The lowest BCUT2D eigenvalue weighted by Gasteiger charge is -2.58. The molecule has 4 aliphatic carbocycles. The van der Waals surface area contributed by atoms with Gasteiger partial charge in [-0.1, -0.05) is 32.4 Å². The van der Waals surface area contributed by atoms with E-state index in [1.807, 2.05) is 0 Å². The topological polar surface area (TPSA) is 46.2 Å². The highest BCUT2D eigenvalue weighted by Gasteiger charge is 2.60. The van der Waals surface area contributed by atoms with Crippen LogP contribution in [0.1, 0.15) is 72.6 Å². The molecule has 0 heterocycles. The Morgan fingerprint density at radius 2 is 1.96 bits per heavy atom. The van der Waals surface area contributed by atoms with Crippen LogP contribution in [-0.4, -0.2) is 17.3 Å². The summed E-state index contributed by atoms with van der Waals surface area (Å²) in [5.41, 5.74) is 8.85. The van der Waals surface area contributed by atoms with Crippen molar-refractivity contribution in [3.05, 3.63) is 11.6 Å². The molecule has 0 aromatic rings. The fourth-order valence-electron chi connectivity index (χ4n) is 8.16. The standard InChI is InChI=1S/C22H37NO/c1-13-11-19-17-6-5-15-12-16(24)7-9-21(15,3)18(17)8-10-22(19,4)20(13)14(2)23/h5,13-14,16-20,24H,6-12,23H2,1-4H3/t13-,14+,16+,17+,18-,19-,20+,21-,22-/m0/s1. The number of fused-ring (bicyclic) bond motifs is 5. The third kappa shape index (κ3) is 2.21. The Bertz CT molecular complexity index is 540. The average molecular weight is 332 g/mol. The lowest BCUT2D eigenvalue weighted by molar-refractivity contribution is -0.0528. The molecule has 0 aromatic heterocycles. The summed E-state index contributed by atoms with van der Waals surface area (Å²) in [5.74, 6) is 3.99. The van der Waals surface area contributed by atoms with Crippen LogP contribution < -0.4 is 5.73 Å². The first-order chi connectivity index (χ1) is 11.3. The largest absolute Gasteiger partial charge is 0.393 e. The fraction of sp³-hybridized carbons (Fsp3) is 0.909. The Hall–Kier alpha value is -0.340. The summed E-state index contributed by atoms with van der Waals surface area (Å²) < 4.78 is 0. The van der Waals surface area contributed by atoms with Gasteiger partial charge in [-0.15, -0.1) is 0 Å². The smallest absolute Gasteiger partial charge is 0.0577 e. The van der Waals surface area contributed by atoms with E-state index < -0.39 is 0 Å². The summed E-state index contributed by atoms with van der Waals surface area (Å²) in [6.07, 6.45) is 10.9. The van der Waals surface area contributed by atoms with Gasteiger partial charge in [-0.25, -0.2) is 0 Å². The van der Waals surface area contributed by atoms with Gasteiger partial charge in [-0.3, -0.25) is 0 Å². The molecule has 9 atom stereocenters. The predicted octanol–water partition coefficient (Wildman–Crippen LogP) is 4.52. The van der Waals surface area contributed by atoms with Crippen molar-refractivity contribution >= 4 is 0 Å². The highest BCUT2D eigenvalue weighted by molar-refractivity contribution is 5.25. The van der Waals surface area contributed by atoms with Gasteiger partial charge in [0.25, 0.3) is 0 Å². The molecule has 2 nitrogen and oxygen atoms in total. The molecule has 0 spiro atoms. The highest BCUT2D eigenvalue weighted by Crippen LogP contribution is 2.67. The molecule has 3 fully saturated rings. The summed E-state index contributed by atoms with van der Waals surface area (Å²) in [5, 5.41) is 10.1. The normalized spacial score (nSPS) is 55.2. The van der Waals surface area contributed by atoms with Gasteiger partial charge in [0.1, 0.15) is 0 Å². The van der Waals surface area contributed by atoms with Crippen molar-refractivity contribution in [2.75, 3.05) is 0 Å². The van der Waals surface area contributed by atoms with E-state index in [9.17, 15) is 5.11 Å². The van der Waals surface area contributed by atoms with Gasteiger partial charge in [0.05, 0.1) is 6.10 Å². The Labute approximate surface area is 148 Å². The first kappa shape index (κ1) is 17.1. The molecule has 0 aromatic carbocycles. The van der Waals surface area contributed by atoms with Crippen molar-refractivity contribution in [1.82, 2.24) is 0 Å². The third-order valence-electron chi connectivity index (χ3n) is 9.08. The molecule has 0 aliphatic heterocycles. The number of aliphatic hydroxyl groups excluding tert-OH is 1. The molecule has 3 N–H and O–H groups in total. The molecular weight excluding hydrogens is 294 g/mol. The van der Waals surface area contributed by atoms with Crippen LogP contribution in [0.25, 0.3) is 0 Å². The maximum Gasteiger partial charge on any atom is 0.0577 e. The van der Waals surface area contributed by atoms with E-state index in [0.717, 1.165) is 36.5 Å². The summed E-state index contributed by atoms with van der Waals surface area (Å²) in [6, 6.07) is 0.321. The number of nitrogens with two attached hydrogens (primary N) is 1. The van der Waals surface area contributed by atoms with E-state index >= 15 is 0 Å². The Balaban J connectivity index is 1.67. The molecular formula is C22H37NO. The van der Waals surface area contributed by atoms with E-state index in [-0.39, 0.29) is 6.10 Å². The summed E-state index contributed by atoms with van der Waals surface area (Å²) in [7, 11) is 0. The zero-order valence-electron chi connectivity index (χ0n) is 16.1. The average Bonchev–Trinajstić information content (AvgIpc) is 2.78. The van der Waals surface area contributed by atoms with Crippen LogP contribution in [0.3, 0.4) is 0 Å². The summed E-state index contributed by atoms with van der Waals surface area (Å²) in [4.78, 5) is 0. The van der Waals surface area contributed by atoms with E-state index in [2.05, 4.69) is 33.8 Å². The summed E-state index contributed by atoms with van der Waals surface area (Å²) >= 11 is 0. The lowest BCUT2D eigenvalue weighted by Crippen LogP contribution is -2.52. The van der Waals surface area contributed by atoms with Crippen molar-refractivity contribution in [2.45, 2.75) is 84.8 Å². The maximum atomic E-state index is 10.1. The number of hydrogen-bond acceptors (Lipinski definition) is 2. The molecule has 3 saturated carbocycles. The second-order valence-electron chi connectivity index (χ2n) is 10.3. The first-order valence-corrected chi connectivity index (χ1v) is 10.4. The third-order valence-corrected chi connectivity index (χ3v) is 9.08.